The van der Waals surface area contributed by atoms with Crippen molar-refractivity contribution >= 4 is 0 Å². The van der Waals surface area contributed by atoms with Gasteiger partial charge in [-0.3, -0.25) is 0 Å². The summed E-state index contributed by atoms with van der Waals surface area (Å²) in [6.45, 7) is 7.96. The van der Waals surface area contributed by atoms with Crippen LogP contribution in [0.4, 0.5) is 0 Å². The van der Waals surface area contributed by atoms with Crippen molar-refractivity contribution in [3.63, 3.8) is 0 Å². The molecule has 0 aliphatic carbocycles. The van der Waals surface area contributed by atoms with E-state index < -0.39 is 0 Å². The van der Waals surface area contributed by atoms with Gasteiger partial charge in [0.25, 0.3) is 0 Å². The van der Waals surface area contributed by atoms with E-state index >= 15 is 0 Å². The molecule has 0 bridgehead atoms. The van der Waals surface area contributed by atoms with Gasteiger partial charge < -0.3 is 14.6 Å². The average Bonchev–Trinajstić information content (AvgIpc) is 2.97. The first kappa shape index (κ1) is 13.5. The summed E-state index contributed by atoms with van der Waals surface area (Å²) in [4.78, 5) is 4.47. The molecule has 2 atom stereocenters. The normalized spacial score (nSPS) is 21.7. The van der Waals surface area contributed by atoms with E-state index in [1.807, 2.05) is 6.92 Å². The highest BCUT2D eigenvalue weighted by molar-refractivity contribution is 4.95. The zero-order valence-corrected chi connectivity index (χ0v) is 11.5. The molecule has 102 valence electrons. The third-order valence-corrected chi connectivity index (χ3v) is 3.27. The minimum absolute atomic E-state index is 0.0657. The van der Waals surface area contributed by atoms with Crippen molar-refractivity contribution in [1.29, 1.82) is 0 Å². The SMILES string of the molecule is CCOC(c1noc(CC2CCCN2)n1)C(C)C. The standard InChI is InChI=1S/C13H23N3O2/c1-4-17-12(9(2)3)13-15-11(18-16-13)8-10-6-5-7-14-10/h9-10,12,14H,4-8H2,1-3H3. The molecule has 1 fully saturated rings. The third kappa shape index (κ3) is 3.29. The topological polar surface area (TPSA) is 60.2 Å². The number of hydrogen-bond donors (Lipinski definition) is 1. The lowest BCUT2D eigenvalue weighted by Crippen LogP contribution is -2.23. The highest BCUT2D eigenvalue weighted by atomic mass is 16.5. The Morgan fingerprint density at radius 1 is 1.50 bits per heavy atom. The first-order valence-electron chi connectivity index (χ1n) is 6.88. The van der Waals surface area contributed by atoms with E-state index in [0.717, 1.165) is 18.9 Å². The van der Waals surface area contributed by atoms with Crippen LogP contribution < -0.4 is 5.32 Å². The van der Waals surface area contributed by atoms with E-state index in [1.54, 1.807) is 0 Å². The number of nitrogens with zero attached hydrogens (tertiary/aromatic N) is 2. The summed E-state index contributed by atoms with van der Waals surface area (Å²) in [6.07, 6.45) is 3.18. The van der Waals surface area contributed by atoms with E-state index in [0.29, 0.717) is 24.4 Å². The van der Waals surface area contributed by atoms with Crippen molar-refractivity contribution < 1.29 is 9.26 Å². The highest BCUT2D eigenvalue weighted by Crippen LogP contribution is 2.23. The first-order valence-corrected chi connectivity index (χ1v) is 6.88. The molecule has 1 aliphatic rings. The van der Waals surface area contributed by atoms with Gasteiger partial charge in [-0.25, -0.2) is 0 Å². The van der Waals surface area contributed by atoms with Gasteiger partial charge in [0.2, 0.25) is 11.7 Å². The van der Waals surface area contributed by atoms with Crippen molar-refractivity contribution in [2.75, 3.05) is 13.2 Å². The number of ether oxygens (including phenoxy) is 1. The zero-order chi connectivity index (χ0) is 13.0. The maximum absolute atomic E-state index is 5.67. The van der Waals surface area contributed by atoms with Gasteiger partial charge in [0.15, 0.2) is 0 Å². The van der Waals surface area contributed by atoms with Crippen molar-refractivity contribution in [2.45, 2.75) is 52.2 Å². The molecule has 18 heavy (non-hydrogen) atoms. The molecule has 1 aromatic rings. The predicted octanol–water partition coefficient (Wildman–Crippen LogP) is 2.10. The second-order valence-electron chi connectivity index (χ2n) is 5.16. The van der Waals surface area contributed by atoms with Crippen LogP contribution in [0.15, 0.2) is 4.52 Å². The quantitative estimate of drug-likeness (QED) is 0.841. The van der Waals surface area contributed by atoms with E-state index in [4.69, 9.17) is 9.26 Å². The maximum atomic E-state index is 5.67. The van der Waals surface area contributed by atoms with Crippen molar-refractivity contribution in [1.82, 2.24) is 15.5 Å². The van der Waals surface area contributed by atoms with Crippen LogP contribution in [0.5, 0.6) is 0 Å². The molecule has 1 aromatic heterocycles. The van der Waals surface area contributed by atoms with Gasteiger partial charge >= 0.3 is 0 Å². The van der Waals surface area contributed by atoms with Crippen LogP contribution in [0, 0.1) is 5.92 Å². The molecule has 0 spiro atoms. The molecule has 0 saturated carbocycles. The molecule has 0 radical (unpaired) electrons. The fourth-order valence-electron chi connectivity index (χ4n) is 2.35. The van der Waals surface area contributed by atoms with E-state index in [9.17, 15) is 0 Å². The number of rotatable bonds is 6. The molecule has 1 aliphatic heterocycles. The Balaban J connectivity index is 1.98. The molecule has 5 nitrogen and oxygen atoms in total. The minimum Gasteiger partial charge on any atom is -0.370 e. The van der Waals surface area contributed by atoms with Crippen LogP contribution in [0.3, 0.4) is 0 Å². The Bertz CT molecular complexity index is 359. The summed E-state index contributed by atoms with van der Waals surface area (Å²) in [7, 11) is 0. The Hall–Kier alpha value is -0.940. The van der Waals surface area contributed by atoms with Gasteiger partial charge in [0.05, 0.1) is 0 Å². The number of aromatic nitrogens is 2. The Kier molecular flexibility index (Phi) is 4.72. The largest absolute Gasteiger partial charge is 0.370 e. The van der Waals surface area contributed by atoms with Crippen molar-refractivity contribution in [3.05, 3.63) is 11.7 Å². The second-order valence-corrected chi connectivity index (χ2v) is 5.16. The molecule has 2 unspecified atom stereocenters. The minimum atomic E-state index is -0.0657. The van der Waals surface area contributed by atoms with E-state index in [-0.39, 0.29) is 6.10 Å². The van der Waals surface area contributed by atoms with Gasteiger partial charge in [-0.15, -0.1) is 0 Å². The van der Waals surface area contributed by atoms with Gasteiger partial charge in [-0.05, 0) is 32.2 Å². The summed E-state index contributed by atoms with van der Waals surface area (Å²) in [5, 5.41) is 7.49. The summed E-state index contributed by atoms with van der Waals surface area (Å²) in [6, 6.07) is 0.489. The number of hydrogen-bond acceptors (Lipinski definition) is 5. The van der Waals surface area contributed by atoms with Crippen LogP contribution in [0.25, 0.3) is 0 Å². The van der Waals surface area contributed by atoms with Gasteiger partial charge in [-0.1, -0.05) is 19.0 Å². The van der Waals surface area contributed by atoms with Crippen molar-refractivity contribution in [3.8, 4) is 0 Å². The molecule has 2 rings (SSSR count). The monoisotopic (exact) mass is 253 g/mol. The van der Waals surface area contributed by atoms with Crippen molar-refractivity contribution in [2.24, 2.45) is 5.92 Å². The third-order valence-electron chi connectivity index (χ3n) is 3.27. The summed E-state index contributed by atoms with van der Waals surface area (Å²) < 4.78 is 11.0. The fraction of sp³-hybridized carbons (Fsp3) is 0.846. The molecular weight excluding hydrogens is 230 g/mol. The molecule has 2 heterocycles. The molecule has 5 heteroatoms. The van der Waals surface area contributed by atoms with Crippen LogP contribution >= 0.6 is 0 Å². The van der Waals surface area contributed by atoms with Crippen LogP contribution in [-0.4, -0.2) is 29.3 Å². The smallest absolute Gasteiger partial charge is 0.228 e. The summed E-state index contributed by atoms with van der Waals surface area (Å²) in [5.41, 5.74) is 0. The van der Waals surface area contributed by atoms with Crippen LogP contribution in [-0.2, 0) is 11.2 Å². The number of nitrogens with one attached hydrogen (secondary N) is 1. The summed E-state index contributed by atoms with van der Waals surface area (Å²) >= 11 is 0. The lowest BCUT2D eigenvalue weighted by atomic mass is 10.1. The van der Waals surface area contributed by atoms with Crippen LogP contribution in [0.2, 0.25) is 0 Å². The van der Waals surface area contributed by atoms with Gasteiger partial charge in [0, 0.05) is 19.1 Å². The van der Waals surface area contributed by atoms with Gasteiger partial charge in [-0.2, -0.15) is 4.98 Å². The molecule has 1 saturated heterocycles. The van der Waals surface area contributed by atoms with Crippen LogP contribution in [0.1, 0.15) is 51.4 Å². The van der Waals surface area contributed by atoms with E-state index in [1.165, 1.54) is 12.8 Å². The zero-order valence-electron chi connectivity index (χ0n) is 11.5. The Labute approximate surface area is 108 Å². The highest BCUT2D eigenvalue weighted by Gasteiger charge is 2.24. The second kappa shape index (κ2) is 6.29. The maximum Gasteiger partial charge on any atom is 0.228 e. The predicted molar refractivity (Wildman–Crippen MR) is 68.2 cm³/mol. The first-order chi connectivity index (χ1) is 8.70. The molecule has 0 aromatic carbocycles. The lowest BCUT2D eigenvalue weighted by Gasteiger charge is -2.16. The molecule has 0 amide bonds. The Morgan fingerprint density at radius 2 is 2.33 bits per heavy atom. The van der Waals surface area contributed by atoms with Gasteiger partial charge in [0.1, 0.15) is 6.10 Å². The Morgan fingerprint density at radius 3 is 2.94 bits per heavy atom. The molecule has 1 N–H and O–H groups in total. The molecular formula is C13H23N3O2. The van der Waals surface area contributed by atoms with E-state index in [2.05, 4.69) is 29.3 Å². The lowest BCUT2D eigenvalue weighted by molar-refractivity contribution is 0.0217. The summed E-state index contributed by atoms with van der Waals surface area (Å²) in [5.74, 6) is 1.75. The fourth-order valence-corrected chi connectivity index (χ4v) is 2.35. The average molecular weight is 253 g/mol.